The average molecular weight is 303 g/mol. The molecule has 1 aliphatic rings. The largest absolute Gasteiger partial charge is 0.480 e. The molecule has 0 unspecified atom stereocenters. The molecule has 0 bridgehead atoms. The lowest BCUT2D eigenvalue weighted by Crippen LogP contribution is -2.52. The van der Waals surface area contributed by atoms with Crippen LogP contribution in [0, 0.1) is 0 Å². The van der Waals surface area contributed by atoms with E-state index in [0.29, 0.717) is 13.1 Å². The Bertz CT molecular complexity index is 382. The number of carboxylic acids is 1. The Morgan fingerprint density at radius 3 is 2.43 bits per heavy atom. The molecule has 1 heterocycles. The second-order valence-electron chi connectivity index (χ2n) is 6.12. The van der Waals surface area contributed by atoms with Gasteiger partial charge in [-0.15, -0.1) is 0 Å². The molecule has 2 N–H and O–H groups in total. The van der Waals surface area contributed by atoms with E-state index in [-0.39, 0.29) is 6.67 Å². The van der Waals surface area contributed by atoms with Gasteiger partial charge in [0.25, 0.3) is 0 Å². The molecule has 0 aromatic rings. The van der Waals surface area contributed by atoms with Crippen molar-refractivity contribution in [2.75, 3.05) is 33.4 Å². The van der Waals surface area contributed by atoms with Crippen molar-refractivity contribution in [2.24, 2.45) is 0 Å². The van der Waals surface area contributed by atoms with Crippen LogP contribution in [-0.4, -0.2) is 82.2 Å². The molecule has 1 aliphatic heterocycles. The zero-order valence-electron chi connectivity index (χ0n) is 13.1. The topological polar surface area (TPSA) is 93.5 Å². The van der Waals surface area contributed by atoms with Crippen molar-refractivity contribution in [3.63, 3.8) is 0 Å². The monoisotopic (exact) mass is 303 g/mol. The fourth-order valence-corrected chi connectivity index (χ4v) is 2.10. The Morgan fingerprint density at radius 1 is 1.33 bits per heavy atom. The van der Waals surface area contributed by atoms with Crippen LogP contribution in [-0.2, 0) is 9.53 Å². The van der Waals surface area contributed by atoms with Crippen molar-refractivity contribution in [3.8, 4) is 0 Å². The summed E-state index contributed by atoms with van der Waals surface area (Å²) < 4.78 is 5.33. The molecule has 0 aliphatic carbocycles. The average Bonchev–Trinajstić information content (AvgIpc) is 2.75. The number of rotatable bonds is 5. The minimum atomic E-state index is -1.09. The second-order valence-corrected chi connectivity index (χ2v) is 6.12. The van der Waals surface area contributed by atoms with Gasteiger partial charge < -0.3 is 14.9 Å². The highest BCUT2D eigenvalue weighted by Gasteiger charge is 2.33. The third-order valence-corrected chi connectivity index (χ3v) is 3.11. The van der Waals surface area contributed by atoms with Crippen molar-refractivity contribution in [2.45, 2.75) is 38.8 Å². The number of aliphatic carboxylic acids is 1. The highest BCUT2D eigenvalue weighted by atomic mass is 16.6. The van der Waals surface area contributed by atoms with E-state index in [1.165, 1.54) is 9.91 Å². The van der Waals surface area contributed by atoms with Gasteiger partial charge >= 0.3 is 12.1 Å². The van der Waals surface area contributed by atoms with Crippen molar-refractivity contribution in [3.05, 3.63) is 0 Å². The third-order valence-electron chi connectivity index (χ3n) is 3.11. The number of carboxylic acid groups (broad SMARTS) is 1. The van der Waals surface area contributed by atoms with E-state index >= 15 is 0 Å². The number of hydrogen-bond acceptors (Lipinski definition) is 6. The highest BCUT2D eigenvalue weighted by Crippen LogP contribution is 2.17. The Kier molecular flexibility index (Phi) is 5.94. The quantitative estimate of drug-likeness (QED) is 0.748. The summed E-state index contributed by atoms with van der Waals surface area (Å²) in [5, 5.41) is 21.4. The van der Waals surface area contributed by atoms with Crippen LogP contribution in [0.25, 0.3) is 0 Å². The van der Waals surface area contributed by atoms with E-state index in [0.717, 1.165) is 6.42 Å². The Labute approximate surface area is 124 Å². The maximum atomic E-state index is 12.1. The minimum absolute atomic E-state index is 0.233. The number of hydrazine groups is 1. The summed E-state index contributed by atoms with van der Waals surface area (Å²) in [5.74, 6) is -1.09. The Morgan fingerprint density at radius 2 is 1.95 bits per heavy atom. The Balaban J connectivity index is 2.65. The molecule has 0 aromatic heterocycles. The number of amides is 1. The molecule has 1 fully saturated rings. The van der Waals surface area contributed by atoms with Gasteiger partial charge in [0.1, 0.15) is 11.6 Å². The number of aliphatic hydroxyl groups excluding tert-OH is 1. The first-order valence-corrected chi connectivity index (χ1v) is 6.95. The zero-order chi connectivity index (χ0) is 16.2. The van der Waals surface area contributed by atoms with Gasteiger partial charge in [0.2, 0.25) is 0 Å². The maximum absolute atomic E-state index is 12.1. The van der Waals surface area contributed by atoms with E-state index in [4.69, 9.17) is 14.9 Å². The minimum Gasteiger partial charge on any atom is -0.480 e. The van der Waals surface area contributed by atoms with E-state index in [1.54, 1.807) is 32.8 Å². The first-order chi connectivity index (χ1) is 9.65. The molecule has 122 valence electrons. The van der Waals surface area contributed by atoms with Crippen LogP contribution < -0.4 is 0 Å². The normalized spacial score (nSPS) is 18.1. The Hall–Kier alpha value is -1.38. The molecule has 8 nitrogen and oxygen atoms in total. The van der Waals surface area contributed by atoms with E-state index in [1.807, 2.05) is 0 Å². The van der Waals surface area contributed by atoms with Crippen LogP contribution in [0.4, 0.5) is 4.79 Å². The molecule has 1 atom stereocenters. The summed E-state index contributed by atoms with van der Waals surface area (Å²) in [5.41, 5.74) is -0.577. The molecular weight excluding hydrogens is 278 g/mol. The molecule has 0 saturated carbocycles. The van der Waals surface area contributed by atoms with Crippen LogP contribution >= 0.6 is 0 Å². The van der Waals surface area contributed by atoms with Crippen LogP contribution in [0.3, 0.4) is 0 Å². The fraction of sp³-hybridized carbons (Fsp3) is 0.846. The van der Waals surface area contributed by atoms with Gasteiger partial charge in [0, 0.05) is 13.1 Å². The van der Waals surface area contributed by atoms with Gasteiger partial charge in [-0.1, -0.05) is 0 Å². The second kappa shape index (κ2) is 7.06. The first-order valence-electron chi connectivity index (χ1n) is 6.95. The molecule has 1 amide bonds. The number of carbonyl (C=O) groups is 2. The van der Waals surface area contributed by atoms with Crippen LogP contribution in [0.1, 0.15) is 27.2 Å². The number of likely N-dealkylation sites (N-methyl/N-ethyl adjacent to an activating group) is 1. The summed E-state index contributed by atoms with van der Waals surface area (Å²) in [4.78, 5) is 24.6. The predicted molar refractivity (Wildman–Crippen MR) is 75.4 cm³/mol. The molecule has 21 heavy (non-hydrogen) atoms. The predicted octanol–water partition coefficient (Wildman–Crippen LogP) is 0.179. The van der Waals surface area contributed by atoms with Gasteiger partial charge in [-0.2, -0.15) is 0 Å². The summed E-state index contributed by atoms with van der Waals surface area (Å²) >= 11 is 0. The van der Waals surface area contributed by atoms with Crippen molar-refractivity contribution in [1.82, 2.24) is 14.9 Å². The van der Waals surface area contributed by atoms with E-state index < -0.39 is 30.3 Å². The maximum Gasteiger partial charge on any atom is 0.425 e. The van der Waals surface area contributed by atoms with Crippen molar-refractivity contribution >= 4 is 12.1 Å². The van der Waals surface area contributed by atoms with Crippen LogP contribution in [0.15, 0.2) is 0 Å². The van der Waals surface area contributed by atoms with Crippen LogP contribution in [0.2, 0.25) is 0 Å². The smallest absolute Gasteiger partial charge is 0.425 e. The summed E-state index contributed by atoms with van der Waals surface area (Å²) in [6, 6.07) is -0.994. The lowest BCUT2D eigenvalue weighted by molar-refractivity contribution is -0.146. The lowest BCUT2D eigenvalue weighted by Gasteiger charge is -2.34. The van der Waals surface area contributed by atoms with E-state index in [2.05, 4.69) is 0 Å². The standard InChI is InChI=1S/C13H25N3O5/c1-13(2,3)21-12(20)16-7-5-6-15(16)9-14(4)10(8-17)11(18)19/h10,17H,5-9H2,1-4H3,(H,18,19)/t10-/m0/s1. The van der Waals surface area contributed by atoms with E-state index in [9.17, 15) is 9.59 Å². The zero-order valence-corrected chi connectivity index (χ0v) is 13.1. The lowest BCUT2D eigenvalue weighted by atomic mass is 10.2. The third kappa shape index (κ3) is 5.14. The summed E-state index contributed by atoms with van der Waals surface area (Å²) in [7, 11) is 1.60. The van der Waals surface area contributed by atoms with Crippen LogP contribution in [0.5, 0.6) is 0 Å². The van der Waals surface area contributed by atoms with Crippen molar-refractivity contribution < 1.29 is 24.5 Å². The number of nitrogens with zero attached hydrogens (tertiary/aromatic N) is 3. The molecule has 1 saturated heterocycles. The molecule has 0 aromatic carbocycles. The number of hydrogen-bond donors (Lipinski definition) is 2. The summed E-state index contributed by atoms with van der Waals surface area (Å²) in [6.45, 7) is 6.32. The molecule has 0 spiro atoms. The molecular formula is C13H25N3O5. The van der Waals surface area contributed by atoms with Gasteiger partial charge in [-0.3, -0.25) is 9.69 Å². The van der Waals surface area contributed by atoms with Gasteiger partial charge in [-0.05, 0) is 34.2 Å². The van der Waals surface area contributed by atoms with Gasteiger partial charge in [-0.25, -0.2) is 14.8 Å². The highest BCUT2D eigenvalue weighted by molar-refractivity contribution is 5.73. The molecule has 1 rings (SSSR count). The van der Waals surface area contributed by atoms with Gasteiger partial charge in [0.05, 0.1) is 13.3 Å². The number of aliphatic hydroxyl groups is 1. The number of carbonyl (C=O) groups excluding carboxylic acids is 1. The van der Waals surface area contributed by atoms with Crippen molar-refractivity contribution in [1.29, 1.82) is 0 Å². The number of ether oxygens (including phenoxy) is 1. The molecule has 0 radical (unpaired) electrons. The molecule has 8 heteroatoms. The fourth-order valence-electron chi connectivity index (χ4n) is 2.10. The first kappa shape index (κ1) is 17.7. The summed E-state index contributed by atoms with van der Waals surface area (Å²) in [6.07, 6.45) is 0.355. The van der Waals surface area contributed by atoms with Gasteiger partial charge in [0.15, 0.2) is 0 Å². The SMILES string of the molecule is CN(CN1CCCN1C(=O)OC(C)(C)C)[C@@H](CO)C(=O)O.